The summed E-state index contributed by atoms with van der Waals surface area (Å²) in [6.45, 7) is -0.325. The molecule has 0 amide bonds. The Kier molecular flexibility index (Phi) is 2.35. The third kappa shape index (κ3) is 1.43. The number of rotatable bonds is 2. The Morgan fingerprint density at radius 3 is 2.50 bits per heavy atom. The van der Waals surface area contributed by atoms with Crippen LogP contribution in [0.4, 0.5) is 10.1 Å². The smallest absolute Gasteiger partial charge is 0.0934 e. The zero-order chi connectivity index (χ0) is 9.97. The van der Waals surface area contributed by atoms with Crippen molar-refractivity contribution in [2.75, 3.05) is 12.4 Å². The number of hydrogen-bond donors (Lipinski definition) is 1. The summed E-state index contributed by atoms with van der Waals surface area (Å²) >= 11 is 0. The van der Waals surface area contributed by atoms with Crippen molar-refractivity contribution in [3.63, 3.8) is 0 Å². The molecular formula is C12H12FN. The molecule has 14 heavy (non-hydrogen) atoms. The number of anilines is 1. The molecule has 0 atom stereocenters. The van der Waals surface area contributed by atoms with Crippen molar-refractivity contribution in [3.05, 3.63) is 42.0 Å². The van der Waals surface area contributed by atoms with E-state index in [2.05, 4.69) is 0 Å². The Labute approximate surface area is 82.3 Å². The Morgan fingerprint density at radius 1 is 1.00 bits per heavy atom. The largest absolute Gasteiger partial charge is 0.398 e. The summed E-state index contributed by atoms with van der Waals surface area (Å²) in [7, 11) is 0. The topological polar surface area (TPSA) is 26.0 Å². The van der Waals surface area contributed by atoms with E-state index in [1.54, 1.807) is 0 Å². The van der Waals surface area contributed by atoms with Crippen molar-refractivity contribution < 1.29 is 4.39 Å². The number of alkyl halides is 1. The molecule has 0 fully saturated rings. The lowest BCUT2D eigenvalue weighted by atomic mass is 10.0. The summed E-state index contributed by atoms with van der Waals surface area (Å²) in [5, 5.41) is 2.07. The monoisotopic (exact) mass is 189 g/mol. The van der Waals surface area contributed by atoms with Crippen LogP contribution < -0.4 is 5.73 Å². The molecule has 0 bridgehead atoms. The van der Waals surface area contributed by atoms with Crippen LogP contribution in [-0.2, 0) is 6.42 Å². The lowest BCUT2D eigenvalue weighted by Crippen LogP contribution is -1.91. The molecule has 2 rings (SSSR count). The van der Waals surface area contributed by atoms with E-state index in [1.807, 2.05) is 36.4 Å². The van der Waals surface area contributed by atoms with E-state index in [-0.39, 0.29) is 6.67 Å². The van der Waals surface area contributed by atoms with Crippen molar-refractivity contribution in [1.29, 1.82) is 0 Å². The van der Waals surface area contributed by atoms with Gasteiger partial charge in [-0.1, -0.05) is 30.3 Å². The van der Waals surface area contributed by atoms with Crippen LogP contribution in [0.3, 0.4) is 0 Å². The number of benzene rings is 2. The number of nitrogens with two attached hydrogens (primary N) is 1. The van der Waals surface area contributed by atoms with Gasteiger partial charge in [0.1, 0.15) is 0 Å². The van der Waals surface area contributed by atoms with Crippen molar-refractivity contribution >= 4 is 16.5 Å². The summed E-state index contributed by atoms with van der Waals surface area (Å²) in [6, 6.07) is 11.6. The summed E-state index contributed by atoms with van der Waals surface area (Å²) < 4.78 is 12.3. The van der Waals surface area contributed by atoms with E-state index in [9.17, 15) is 4.39 Å². The lowest BCUT2D eigenvalue weighted by Gasteiger charge is -2.06. The highest BCUT2D eigenvalue weighted by atomic mass is 19.1. The Hall–Kier alpha value is -1.57. The first kappa shape index (κ1) is 9.00. The lowest BCUT2D eigenvalue weighted by molar-refractivity contribution is 0.496. The number of fused-ring (bicyclic) bond motifs is 1. The highest BCUT2D eigenvalue weighted by Crippen LogP contribution is 2.24. The molecule has 0 saturated heterocycles. The molecule has 2 heteroatoms. The van der Waals surface area contributed by atoms with Gasteiger partial charge in [-0.3, -0.25) is 4.39 Å². The highest BCUT2D eigenvalue weighted by molar-refractivity contribution is 5.94. The first-order chi connectivity index (χ1) is 6.83. The highest BCUT2D eigenvalue weighted by Gasteiger charge is 2.01. The van der Waals surface area contributed by atoms with Crippen LogP contribution in [0.5, 0.6) is 0 Å². The number of hydrogen-bond acceptors (Lipinski definition) is 1. The van der Waals surface area contributed by atoms with Gasteiger partial charge in [0.05, 0.1) is 6.67 Å². The van der Waals surface area contributed by atoms with Crippen molar-refractivity contribution in [1.82, 2.24) is 0 Å². The van der Waals surface area contributed by atoms with Crippen molar-refractivity contribution in [2.45, 2.75) is 6.42 Å². The van der Waals surface area contributed by atoms with Crippen LogP contribution in [0.25, 0.3) is 10.8 Å². The molecular weight excluding hydrogens is 177 g/mol. The van der Waals surface area contributed by atoms with Gasteiger partial charge in [-0.15, -0.1) is 0 Å². The first-order valence-electron chi connectivity index (χ1n) is 4.65. The van der Waals surface area contributed by atoms with Crippen LogP contribution in [0.1, 0.15) is 5.56 Å². The van der Waals surface area contributed by atoms with E-state index in [0.717, 1.165) is 22.0 Å². The maximum absolute atomic E-state index is 12.3. The fourth-order valence-electron chi connectivity index (χ4n) is 1.72. The summed E-state index contributed by atoms with van der Waals surface area (Å²) in [5.74, 6) is 0. The Morgan fingerprint density at radius 2 is 1.71 bits per heavy atom. The maximum Gasteiger partial charge on any atom is 0.0934 e. The standard InChI is InChI=1S/C12H12FN/c13-8-7-9-3-1-5-11-10(9)4-2-6-12(11)14/h1-6H,7-8,14H2. The van der Waals surface area contributed by atoms with E-state index < -0.39 is 0 Å². The number of nitrogen functional groups attached to an aromatic ring is 1. The van der Waals surface area contributed by atoms with E-state index in [4.69, 9.17) is 5.73 Å². The second-order valence-electron chi connectivity index (χ2n) is 3.30. The van der Waals surface area contributed by atoms with Crippen molar-refractivity contribution in [3.8, 4) is 0 Å². The zero-order valence-corrected chi connectivity index (χ0v) is 7.83. The second kappa shape index (κ2) is 3.66. The minimum atomic E-state index is -0.325. The minimum Gasteiger partial charge on any atom is -0.398 e. The third-order valence-corrected chi connectivity index (χ3v) is 2.41. The van der Waals surface area contributed by atoms with Crippen LogP contribution in [0, 0.1) is 0 Å². The molecule has 0 unspecified atom stereocenters. The maximum atomic E-state index is 12.3. The molecule has 0 saturated carbocycles. The molecule has 0 aliphatic heterocycles. The molecule has 0 heterocycles. The molecule has 0 aliphatic carbocycles. The number of halogens is 1. The van der Waals surface area contributed by atoms with E-state index in [0.29, 0.717) is 6.42 Å². The van der Waals surface area contributed by atoms with Gasteiger partial charge in [-0.2, -0.15) is 0 Å². The average Bonchev–Trinajstić information content (AvgIpc) is 2.20. The Balaban J connectivity index is 2.68. The van der Waals surface area contributed by atoms with Gasteiger partial charge in [-0.25, -0.2) is 0 Å². The van der Waals surface area contributed by atoms with E-state index in [1.165, 1.54) is 0 Å². The van der Waals surface area contributed by atoms with Crippen molar-refractivity contribution in [2.24, 2.45) is 0 Å². The minimum absolute atomic E-state index is 0.325. The van der Waals surface area contributed by atoms with Gasteiger partial charge in [0, 0.05) is 17.5 Å². The molecule has 2 N–H and O–H groups in total. The van der Waals surface area contributed by atoms with Gasteiger partial charge in [0.15, 0.2) is 0 Å². The van der Waals surface area contributed by atoms with Gasteiger partial charge in [-0.05, 0) is 17.0 Å². The van der Waals surface area contributed by atoms with E-state index >= 15 is 0 Å². The summed E-state index contributed by atoms with van der Waals surface area (Å²) in [6.07, 6.45) is 0.459. The first-order valence-corrected chi connectivity index (χ1v) is 4.65. The molecule has 72 valence electrons. The molecule has 0 aromatic heterocycles. The fourth-order valence-corrected chi connectivity index (χ4v) is 1.72. The SMILES string of the molecule is Nc1cccc2c(CCF)cccc12. The fraction of sp³-hybridized carbons (Fsp3) is 0.167. The van der Waals surface area contributed by atoms with Gasteiger partial charge < -0.3 is 5.73 Å². The molecule has 2 aromatic rings. The zero-order valence-electron chi connectivity index (χ0n) is 7.83. The molecule has 0 radical (unpaired) electrons. The Bertz CT molecular complexity index is 451. The number of aryl methyl sites for hydroxylation is 1. The second-order valence-corrected chi connectivity index (χ2v) is 3.30. The summed E-state index contributed by atoms with van der Waals surface area (Å²) in [5.41, 5.74) is 7.61. The molecule has 0 aliphatic rings. The third-order valence-electron chi connectivity index (χ3n) is 2.41. The van der Waals surface area contributed by atoms with Crippen LogP contribution in [0.15, 0.2) is 36.4 Å². The predicted molar refractivity (Wildman–Crippen MR) is 58.0 cm³/mol. The van der Waals surface area contributed by atoms with Gasteiger partial charge in [0.25, 0.3) is 0 Å². The van der Waals surface area contributed by atoms with Gasteiger partial charge in [0.2, 0.25) is 0 Å². The van der Waals surface area contributed by atoms with Crippen LogP contribution >= 0.6 is 0 Å². The summed E-state index contributed by atoms with van der Waals surface area (Å²) in [4.78, 5) is 0. The molecule has 0 spiro atoms. The normalized spacial score (nSPS) is 10.6. The molecule has 1 nitrogen and oxygen atoms in total. The molecule has 2 aromatic carbocycles. The van der Waals surface area contributed by atoms with Crippen LogP contribution in [0.2, 0.25) is 0 Å². The average molecular weight is 189 g/mol. The van der Waals surface area contributed by atoms with Gasteiger partial charge >= 0.3 is 0 Å². The predicted octanol–water partition coefficient (Wildman–Crippen LogP) is 2.93. The quantitative estimate of drug-likeness (QED) is 0.722. The van der Waals surface area contributed by atoms with Crippen LogP contribution in [-0.4, -0.2) is 6.67 Å².